The summed E-state index contributed by atoms with van der Waals surface area (Å²) < 4.78 is 3.59. The van der Waals surface area contributed by atoms with Crippen molar-refractivity contribution in [3.05, 3.63) is 22.2 Å². The molecule has 0 aliphatic carbocycles. The second-order valence-electron chi connectivity index (χ2n) is 4.63. The number of rotatable bonds is 2. The zero-order chi connectivity index (χ0) is 13.7. The van der Waals surface area contributed by atoms with E-state index >= 15 is 0 Å². The van der Waals surface area contributed by atoms with Crippen molar-refractivity contribution in [2.75, 3.05) is 13.1 Å². The molecule has 0 saturated heterocycles. The summed E-state index contributed by atoms with van der Waals surface area (Å²) in [5.41, 5.74) is 1.48. The second-order valence-corrected chi connectivity index (χ2v) is 6.34. The summed E-state index contributed by atoms with van der Waals surface area (Å²) >= 11 is 7.40. The van der Waals surface area contributed by atoms with Crippen molar-refractivity contribution in [2.24, 2.45) is 0 Å². The van der Waals surface area contributed by atoms with Crippen molar-refractivity contribution in [3.8, 4) is 0 Å². The van der Waals surface area contributed by atoms with Crippen LogP contribution in [0.1, 0.15) is 23.5 Å². The number of carboxylic acid groups (broad SMARTS) is 1. The van der Waals surface area contributed by atoms with E-state index in [9.17, 15) is 9.59 Å². The first-order valence-electron chi connectivity index (χ1n) is 5.78. The fourth-order valence-electron chi connectivity index (χ4n) is 2.57. The van der Waals surface area contributed by atoms with Crippen LogP contribution < -0.4 is 0 Å². The number of carboxylic acids is 1. The van der Waals surface area contributed by atoms with Gasteiger partial charge in [0.1, 0.15) is 12.2 Å². The summed E-state index contributed by atoms with van der Waals surface area (Å²) in [6.07, 6.45) is 0. The monoisotopic (exact) mass is 298 g/mol. The smallest absolute Gasteiger partial charge is 0.323 e. The van der Waals surface area contributed by atoms with Gasteiger partial charge in [0.2, 0.25) is 0 Å². The number of amides is 1. The predicted molar refractivity (Wildman–Crippen MR) is 73.1 cm³/mol. The maximum Gasteiger partial charge on any atom is 0.323 e. The Bertz CT molecular complexity index is 691. The Kier molecular flexibility index (Phi) is 2.79. The Labute approximate surface area is 118 Å². The highest BCUT2D eigenvalue weighted by molar-refractivity contribution is 7.22. The number of nitrogens with zero attached hydrogens (tertiary/aromatic N) is 2. The van der Waals surface area contributed by atoms with Crippen LogP contribution in [0.3, 0.4) is 0 Å². The Morgan fingerprint density at radius 3 is 3.00 bits per heavy atom. The second kappa shape index (κ2) is 4.25. The zero-order valence-electron chi connectivity index (χ0n) is 10.1. The van der Waals surface area contributed by atoms with E-state index in [2.05, 4.69) is 0 Å². The molecule has 2 aromatic heterocycles. The molecule has 7 heteroatoms. The van der Waals surface area contributed by atoms with Gasteiger partial charge in [0.25, 0.3) is 5.91 Å². The maximum absolute atomic E-state index is 12.3. The van der Waals surface area contributed by atoms with Gasteiger partial charge in [-0.05, 0) is 19.1 Å². The van der Waals surface area contributed by atoms with Crippen molar-refractivity contribution in [1.29, 1.82) is 0 Å². The molecular formula is C12H11ClN2O3S. The summed E-state index contributed by atoms with van der Waals surface area (Å²) in [6.45, 7) is 2.11. The van der Waals surface area contributed by atoms with Crippen molar-refractivity contribution < 1.29 is 14.7 Å². The summed E-state index contributed by atoms with van der Waals surface area (Å²) in [6, 6.07) is 3.68. The van der Waals surface area contributed by atoms with E-state index in [1.807, 2.05) is 17.6 Å². The van der Waals surface area contributed by atoms with E-state index < -0.39 is 5.97 Å². The molecule has 5 nitrogen and oxygen atoms in total. The molecule has 1 atom stereocenters. The predicted octanol–water partition coefficient (Wildman–Crippen LogP) is 2.46. The van der Waals surface area contributed by atoms with Gasteiger partial charge < -0.3 is 14.6 Å². The summed E-state index contributed by atoms with van der Waals surface area (Å²) in [4.78, 5) is 24.4. The molecule has 3 rings (SSSR count). The van der Waals surface area contributed by atoms with Crippen LogP contribution >= 0.6 is 22.9 Å². The fraction of sp³-hybridized carbons (Fsp3) is 0.333. The third kappa shape index (κ3) is 1.91. The number of hydrogen-bond donors (Lipinski definition) is 1. The lowest BCUT2D eigenvalue weighted by Gasteiger charge is -2.32. The molecule has 0 aromatic carbocycles. The Morgan fingerprint density at radius 2 is 2.32 bits per heavy atom. The molecule has 3 heterocycles. The molecule has 1 aliphatic heterocycles. The number of halogens is 1. The molecule has 0 bridgehead atoms. The Morgan fingerprint density at radius 1 is 1.58 bits per heavy atom. The van der Waals surface area contributed by atoms with Crippen LogP contribution in [0, 0.1) is 0 Å². The quantitative estimate of drug-likeness (QED) is 0.926. The third-order valence-electron chi connectivity index (χ3n) is 3.25. The van der Waals surface area contributed by atoms with Crippen LogP contribution in [0.25, 0.3) is 10.2 Å². The van der Waals surface area contributed by atoms with Gasteiger partial charge in [0.15, 0.2) is 0 Å². The summed E-state index contributed by atoms with van der Waals surface area (Å²) in [7, 11) is 0. The molecule has 1 aliphatic rings. The number of thiophene rings is 1. The minimum absolute atomic E-state index is 0.0372. The van der Waals surface area contributed by atoms with Crippen molar-refractivity contribution >= 4 is 45.0 Å². The van der Waals surface area contributed by atoms with Gasteiger partial charge in [-0.25, -0.2) is 0 Å². The highest BCUT2D eigenvalue weighted by Crippen LogP contribution is 2.36. The molecule has 0 unspecified atom stereocenters. The van der Waals surface area contributed by atoms with E-state index in [4.69, 9.17) is 16.7 Å². The fourth-order valence-corrected chi connectivity index (χ4v) is 3.73. The number of hydrogen-bond acceptors (Lipinski definition) is 3. The van der Waals surface area contributed by atoms with Gasteiger partial charge >= 0.3 is 5.97 Å². The largest absolute Gasteiger partial charge is 0.480 e. The Balaban J connectivity index is 2.10. The average molecular weight is 299 g/mol. The number of aromatic nitrogens is 1. The first kappa shape index (κ1) is 12.5. The molecule has 0 radical (unpaired) electrons. The van der Waals surface area contributed by atoms with Gasteiger partial charge in [0, 0.05) is 12.6 Å². The molecule has 0 fully saturated rings. The highest BCUT2D eigenvalue weighted by atomic mass is 35.5. The van der Waals surface area contributed by atoms with E-state index in [0.717, 1.165) is 10.2 Å². The normalized spacial score (nSPS) is 18.9. The lowest BCUT2D eigenvalue weighted by Crippen LogP contribution is -2.44. The summed E-state index contributed by atoms with van der Waals surface area (Å²) in [5, 5.41) is 8.84. The molecule has 19 heavy (non-hydrogen) atoms. The molecule has 1 N–H and O–H groups in total. The highest BCUT2D eigenvalue weighted by Gasteiger charge is 2.32. The molecule has 0 spiro atoms. The minimum Gasteiger partial charge on any atom is -0.480 e. The molecule has 1 amide bonds. The molecule has 100 valence electrons. The number of carbonyl (C=O) groups excluding carboxylic acids is 1. The van der Waals surface area contributed by atoms with Gasteiger partial charge in [-0.1, -0.05) is 11.6 Å². The van der Waals surface area contributed by atoms with Crippen molar-refractivity contribution in [1.82, 2.24) is 9.47 Å². The van der Waals surface area contributed by atoms with E-state index in [-0.39, 0.29) is 18.5 Å². The number of carbonyl (C=O) groups is 2. The van der Waals surface area contributed by atoms with Gasteiger partial charge in [0.05, 0.1) is 14.6 Å². The molecular weight excluding hydrogens is 288 g/mol. The minimum atomic E-state index is -0.995. The number of aliphatic carboxylic acids is 1. The van der Waals surface area contributed by atoms with Gasteiger partial charge in [-0.15, -0.1) is 11.3 Å². The van der Waals surface area contributed by atoms with Gasteiger partial charge in [-0.3, -0.25) is 9.59 Å². The SMILES string of the molecule is C[C@@H]1CN(CC(=O)O)C(=O)c2cc3sc(Cl)cc3n21. The maximum atomic E-state index is 12.3. The lowest BCUT2D eigenvalue weighted by molar-refractivity contribution is -0.137. The third-order valence-corrected chi connectivity index (χ3v) is 4.46. The van der Waals surface area contributed by atoms with Crippen LogP contribution in [-0.2, 0) is 4.79 Å². The van der Waals surface area contributed by atoms with Crippen LogP contribution in [0.15, 0.2) is 12.1 Å². The molecule has 0 saturated carbocycles. The van der Waals surface area contributed by atoms with Crippen LogP contribution in [0.2, 0.25) is 4.34 Å². The zero-order valence-corrected chi connectivity index (χ0v) is 11.7. The van der Waals surface area contributed by atoms with Crippen LogP contribution in [-0.4, -0.2) is 39.5 Å². The van der Waals surface area contributed by atoms with E-state index in [1.165, 1.54) is 16.2 Å². The Hall–Kier alpha value is -1.53. The van der Waals surface area contributed by atoms with Crippen molar-refractivity contribution in [3.63, 3.8) is 0 Å². The topological polar surface area (TPSA) is 62.5 Å². The summed E-state index contributed by atoms with van der Waals surface area (Å²) in [5.74, 6) is -1.23. The number of fused-ring (bicyclic) bond motifs is 3. The molecule has 2 aromatic rings. The van der Waals surface area contributed by atoms with Crippen LogP contribution in [0.4, 0.5) is 0 Å². The first-order valence-corrected chi connectivity index (χ1v) is 6.98. The van der Waals surface area contributed by atoms with Gasteiger partial charge in [-0.2, -0.15) is 0 Å². The lowest BCUT2D eigenvalue weighted by atomic mass is 10.2. The standard InChI is InChI=1S/C12H11ClN2O3S/c1-6-4-14(5-11(16)17)12(18)8-2-9-7(15(6)8)3-10(13)19-9/h2-3,6H,4-5H2,1H3,(H,16,17)/t6-/m1/s1. The van der Waals surface area contributed by atoms with E-state index in [1.54, 1.807) is 6.07 Å². The first-order chi connectivity index (χ1) is 8.97. The van der Waals surface area contributed by atoms with Crippen molar-refractivity contribution in [2.45, 2.75) is 13.0 Å². The van der Waals surface area contributed by atoms with E-state index in [0.29, 0.717) is 16.6 Å². The van der Waals surface area contributed by atoms with Crippen LogP contribution in [0.5, 0.6) is 0 Å². The average Bonchev–Trinajstić information content (AvgIpc) is 2.80.